The monoisotopic (exact) mass is 453 g/mol. The third kappa shape index (κ3) is 6.79. The average Bonchev–Trinajstić information content (AvgIpc) is 3.23. The van der Waals surface area contributed by atoms with Gasteiger partial charge in [-0.05, 0) is 68.1 Å². The van der Waals surface area contributed by atoms with Crippen LogP contribution in [0.2, 0.25) is 0 Å². The molecule has 1 fully saturated rings. The van der Waals surface area contributed by atoms with Gasteiger partial charge in [0.25, 0.3) is 0 Å². The highest BCUT2D eigenvalue weighted by Gasteiger charge is 2.33. The van der Waals surface area contributed by atoms with Crippen molar-refractivity contribution >= 4 is 0 Å². The summed E-state index contributed by atoms with van der Waals surface area (Å²) in [5, 5.41) is 10.9. The molecule has 2 heterocycles. The van der Waals surface area contributed by atoms with Gasteiger partial charge in [0, 0.05) is 38.6 Å². The Kier molecular flexibility index (Phi) is 7.62. The largest absolute Gasteiger partial charge is 0.494 e. The number of aliphatic hydroxyl groups is 1. The fourth-order valence-electron chi connectivity index (χ4n) is 4.08. The minimum absolute atomic E-state index is 0.217. The van der Waals surface area contributed by atoms with Gasteiger partial charge in [-0.3, -0.25) is 4.90 Å². The molecule has 33 heavy (non-hydrogen) atoms. The van der Waals surface area contributed by atoms with E-state index in [4.69, 9.17) is 9.47 Å². The van der Waals surface area contributed by atoms with Crippen LogP contribution in [-0.2, 0) is 13.1 Å². The number of rotatable bonds is 10. The molecule has 7 heteroatoms. The summed E-state index contributed by atoms with van der Waals surface area (Å²) in [4.78, 5) is 6.58. The van der Waals surface area contributed by atoms with Crippen LogP contribution in [0, 0.1) is 12.7 Å². The first-order chi connectivity index (χ1) is 16.0. The van der Waals surface area contributed by atoms with Gasteiger partial charge >= 0.3 is 0 Å². The highest BCUT2D eigenvalue weighted by molar-refractivity contribution is 5.28. The lowest BCUT2D eigenvalue weighted by atomic mass is 9.92. The molecule has 0 radical (unpaired) electrons. The second-order valence-corrected chi connectivity index (χ2v) is 8.76. The summed E-state index contributed by atoms with van der Waals surface area (Å²) in [5.74, 6) is 2.18. The standard InChI is InChI=1S/C26H32FN3O3/c1-21-28-12-16-30(21)13-3-17-32-25-5-2-4-22(18-25)19-29-14-10-26(31,11-15-29)20-33-24-8-6-23(27)7-9-24/h2,4-9,12,16,18,31H,3,10-11,13-15,17,19-20H2,1H3. The number of imidazole rings is 1. The maximum Gasteiger partial charge on any atom is 0.123 e. The topological polar surface area (TPSA) is 59.8 Å². The maximum atomic E-state index is 13.0. The van der Waals surface area contributed by atoms with E-state index in [1.165, 1.54) is 17.7 Å². The fourth-order valence-corrected chi connectivity index (χ4v) is 4.08. The molecule has 4 rings (SSSR count). The molecule has 2 aromatic carbocycles. The van der Waals surface area contributed by atoms with Crippen LogP contribution >= 0.6 is 0 Å². The zero-order valence-corrected chi connectivity index (χ0v) is 19.1. The molecule has 1 saturated heterocycles. The summed E-state index contributed by atoms with van der Waals surface area (Å²) in [7, 11) is 0. The molecule has 0 bridgehead atoms. The molecule has 1 N–H and O–H groups in total. The molecule has 6 nitrogen and oxygen atoms in total. The third-order valence-electron chi connectivity index (χ3n) is 6.15. The molecular formula is C26H32FN3O3. The van der Waals surface area contributed by atoms with Crippen LogP contribution in [0.3, 0.4) is 0 Å². The van der Waals surface area contributed by atoms with Crippen molar-refractivity contribution in [3.05, 3.63) is 78.1 Å². The van der Waals surface area contributed by atoms with E-state index in [9.17, 15) is 9.50 Å². The van der Waals surface area contributed by atoms with Crippen LogP contribution in [0.1, 0.15) is 30.7 Å². The van der Waals surface area contributed by atoms with Gasteiger partial charge in [0.15, 0.2) is 0 Å². The van der Waals surface area contributed by atoms with E-state index in [0.29, 0.717) is 25.2 Å². The predicted molar refractivity (Wildman–Crippen MR) is 125 cm³/mol. The third-order valence-corrected chi connectivity index (χ3v) is 6.15. The first-order valence-corrected chi connectivity index (χ1v) is 11.5. The normalized spacial score (nSPS) is 16.0. The van der Waals surface area contributed by atoms with Gasteiger partial charge in [-0.1, -0.05) is 12.1 Å². The minimum atomic E-state index is -0.858. The molecule has 1 aromatic heterocycles. The number of hydrogen-bond donors (Lipinski definition) is 1. The number of nitrogens with zero attached hydrogens (tertiary/aromatic N) is 3. The van der Waals surface area contributed by atoms with Gasteiger partial charge in [0.1, 0.15) is 35.3 Å². The molecule has 1 aliphatic heterocycles. The van der Waals surface area contributed by atoms with Crippen LogP contribution in [-0.4, -0.2) is 51.5 Å². The first kappa shape index (κ1) is 23.3. The van der Waals surface area contributed by atoms with Crippen molar-refractivity contribution in [3.8, 4) is 11.5 Å². The van der Waals surface area contributed by atoms with E-state index in [2.05, 4.69) is 26.6 Å². The lowest BCUT2D eigenvalue weighted by Gasteiger charge is -2.38. The van der Waals surface area contributed by atoms with Crippen LogP contribution in [0.5, 0.6) is 11.5 Å². The van der Waals surface area contributed by atoms with E-state index in [1.807, 2.05) is 31.5 Å². The number of aryl methyl sites for hydroxylation is 2. The Bertz CT molecular complexity index is 1010. The van der Waals surface area contributed by atoms with Gasteiger partial charge in [-0.25, -0.2) is 9.37 Å². The molecular weight excluding hydrogens is 421 g/mol. The van der Waals surface area contributed by atoms with Gasteiger partial charge in [-0.15, -0.1) is 0 Å². The van der Waals surface area contributed by atoms with Gasteiger partial charge in [0.05, 0.1) is 6.61 Å². The van der Waals surface area contributed by atoms with Gasteiger partial charge in [-0.2, -0.15) is 0 Å². The molecule has 0 aliphatic carbocycles. The summed E-state index contributed by atoms with van der Waals surface area (Å²) < 4.78 is 26.8. The Morgan fingerprint density at radius 1 is 1.06 bits per heavy atom. The Morgan fingerprint density at radius 3 is 2.58 bits per heavy atom. The highest BCUT2D eigenvalue weighted by atomic mass is 19.1. The van der Waals surface area contributed by atoms with Crippen LogP contribution in [0.25, 0.3) is 0 Å². The fraction of sp³-hybridized carbons (Fsp3) is 0.423. The smallest absolute Gasteiger partial charge is 0.123 e. The molecule has 0 amide bonds. The van der Waals surface area contributed by atoms with E-state index < -0.39 is 5.60 Å². The van der Waals surface area contributed by atoms with E-state index in [0.717, 1.165) is 44.2 Å². The number of hydrogen-bond acceptors (Lipinski definition) is 5. The van der Waals surface area contributed by atoms with Crippen molar-refractivity contribution in [1.82, 2.24) is 14.5 Å². The molecule has 0 unspecified atom stereocenters. The maximum absolute atomic E-state index is 13.0. The number of aromatic nitrogens is 2. The Labute approximate surface area is 194 Å². The molecule has 0 spiro atoms. The lowest BCUT2D eigenvalue weighted by Crippen LogP contribution is -2.47. The van der Waals surface area contributed by atoms with Crippen molar-refractivity contribution in [2.45, 2.75) is 44.9 Å². The predicted octanol–water partition coefficient (Wildman–Crippen LogP) is 4.21. The van der Waals surface area contributed by atoms with Crippen molar-refractivity contribution in [3.63, 3.8) is 0 Å². The summed E-state index contributed by atoms with van der Waals surface area (Å²) in [5.41, 5.74) is 0.342. The second kappa shape index (κ2) is 10.8. The van der Waals surface area contributed by atoms with E-state index >= 15 is 0 Å². The first-order valence-electron chi connectivity index (χ1n) is 11.5. The highest BCUT2D eigenvalue weighted by Crippen LogP contribution is 2.25. The van der Waals surface area contributed by atoms with Crippen molar-refractivity contribution in [2.75, 3.05) is 26.3 Å². The zero-order chi connectivity index (χ0) is 23.1. The van der Waals surface area contributed by atoms with Crippen molar-refractivity contribution in [1.29, 1.82) is 0 Å². The minimum Gasteiger partial charge on any atom is -0.494 e. The summed E-state index contributed by atoms with van der Waals surface area (Å²) in [6.07, 6.45) is 6.01. The molecule has 176 valence electrons. The number of halogens is 1. The molecule has 1 aliphatic rings. The summed E-state index contributed by atoms with van der Waals surface area (Å²) >= 11 is 0. The van der Waals surface area contributed by atoms with E-state index in [-0.39, 0.29) is 12.4 Å². The van der Waals surface area contributed by atoms with Crippen molar-refractivity contribution in [2.24, 2.45) is 0 Å². The van der Waals surface area contributed by atoms with Crippen LogP contribution in [0.4, 0.5) is 4.39 Å². The number of benzene rings is 2. The van der Waals surface area contributed by atoms with Gasteiger partial charge < -0.3 is 19.1 Å². The number of piperidine rings is 1. The zero-order valence-electron chi connectivity index (χ0n) is 19.1. The van der Waals surface area contributed by atoms with E-state index in [1.54, 1.807) is 12.1 Å². The summed E-state index contributed by atoms with van der Waals surface area (Å²) in [6.45, 7) is 6.18. The van der Waals surface area contributed by atoms with Gasteiger partial charge in [0.2, 0.25) is 0 Å². The Hall–Kier alpha value is -2.90. The van der Waals surface area contributed by atoms with Crippen LogP contribution < -0.4 is 9.47 Å². The molecule has 3 aromatic rings. The molecule has 0 atom stereocenters. The number of ether oxygens (including phenoxy) is 2. The van der Waals surface area contributed by atoms with Crippen LogP contribution in [0.15, 0.2) is 60.9 Å². The second-order valence-electron chi connectivity index (χ2n) is 8.76. The van der Waals surface area contributed by atoms with Crippen molar-refractivity contribution < 1.29 is 19.0 Å². The SMILES string of the molecule is Cc1nccn1CCCOc1cccc(CN2CCC(O)(COc3ccc(F)cc3)CC2)c1. The number of likely N-dealkylation sites (tertiary alicyclic amines) is 1. The molecule has 0 saturated carbocycles. The summed E-state index contributed by atoms with van der Waals surface area (Å²) in [6, 6.07) is 14.1. The quantitative estimate of drug-likeness (QED) is 0.466. The Balaban J connectivity index is 1.19. The Morgan fingerprint density at radius 2 is 1.85 bits per heavy atom. The lowest BCUT2D eigenvalue weighted by molar-refractivity contribution is -0.0537. The average molecular weight is 454 g/mol.